The fourth-order valence-electron chi connectivity index (χ4n) is 3.46. The van der Waals surface area contributed by atoms with E-state index >= 15 is 0 Å². The molecule has 1 fully saturated rings. The minimum atomic E-state index is 0.155. The Hall–Kier alpha value is -2.47. The van der Waals surface area contributed by atoms with Gasteiger partial charge < -0.3 is 4.90 Å². The highest BCUT2D eigenvalue weighted by molar-refractivity contribution is 7.13. The lowest BCUT2D eigenvalue weighted by molar-refractivity contribution is -0.132. The molecule has 0 N–H and O–H groups in total. The van der Waals surface area contributed by atoms with Gasteiger partial charge in [-0.2, -0.15) is 0 Å². The molecule has 30 heavy (non-hydrogen) atoms. The molecule has 0 atom stereocenters. The number of rotatable bonds is 6. The average molecular weight is 438 g/mol. The molecule has 0 aliphatic carbocycles. The molecule has 1 aliphatic heterocycles. The highest BCUT2D eigenvalue weighted by Crippen LogP contribution is 2.25. The minimum Gasteiger partial charge on any atom is -0.340 e. The first-order chi connectivity index (χ1) is 14.7. The zero-order chi connectivity index (χ0) is 20.8. The smallest absolute Gasteiger partial charge is 0.228 e. The molecule has 154 valence electrons. The van der Waals surface area contributed by atoms with Crippen LogP contribution in [0.5, 0.6) is 0 Å². The third-order valence-corrected chi connectivity index (χ3v) is 6.37. The van der Waals surface area contributed by atoms with Crippen LogP contribution in [-0.2, 0) is 11.2 Å². The Morgan fingerprint density at radius 2 is 1.77 bits per heavy atom. The van der Waals surface area contributed by atoms with Crippen LogP contribution < -0.4 is 0 Å². The number of thiazole rings is 1. The van der Waals surface area contributed by atoms with Crippen LogP contribution >= 0.6 is 22.9 Å². The summed E-state index contributed by atoms with van der Waals surface area (Å²) < 4.78 is 0. The minimum absolute atomic E-state index is 0.155. The van der Waals surface area contributed by atoms with E-state index in [1.807, 2.05) is 52.7 Å². The predicted molar refractivity (Wildman–Crippen MR) is 125 cm³/mol. The Kier molecular flexibility index (Phi) is 6.95. The number of carbonyl (C=O) groups excluding carboxylic acids is 1. The summed E-state index contributed by atoms with van der Waals surface area (Å²) in [6.07, 6.45) is 4.70. The van der Waals surface area contributed by atoms with Gasteiger partial charge >= 0.3 is 0 Å². The Morgan fingerprint density at radius 1 is 1.03 bits per heavy atom. The Morgan fingerprint density at radius 3 is 2.50 bits per heavy atom. The van der Waals surface area contributed by atoms with E-state index in [4.69, 9.17) is 11.6 Å². The summed E-state index contributed by atoms with van der Waals surface area (Å²) in [5.74, 6) is 0.155. The van der Waals surface area contributed by atoms with Gasteiger partial charge in [0.05, 0.1) is 12.1 Å². The van der Waals surface area contributed by atoms with Gasteiger partial charge in [-0.3, -0.25) is 9.69 Å². The normalized spacial score (nSPS) is 15.0. The molecule has 1 aliphatic rings. The number of carbonyl (C=O) groups is 1. The van der Waals surface area contributed by atoms with Crippen LogP contribution in [0.15, 0.2) is 66.1 Å². The van der Waals surface area contributed by atoms with E-state index in [0.29, 0.717) is 11.4 Å². The number of hydrogen-bond donors (Lipinski definition) is 0. The molecule has 0 unspecified atom stereocenters. The summed E-state index contributed by atoms with van der Waals surface area (Å²) in [6.45, 7) is 4.25. The van der Waals surface area contributed by atoms with Crippen LogP contribution in [-0.4, -0.2) is 53.4 Å². The highest BCUT2D eigenvalue weighted by Gasteiger charge is 2.21. The van der Waals surface area contributed by atoms with Gasteiger partial charge in [-0.15, -0.1) is 11.3 Å². The van der Waals surface area contributed by atoms with Crippen molar-refractivity contribution < 1.29 is 4.79 Å². The van der Waals surface area contributed by atoms with Gasteiger partial charge in [0.25, 0.3) is 0 Å². The molecule has 4 nitrogen and oxygen atoms in total. The highest BCUT2D eigenvalue weighted by atomic mass is 35.5. The Balaban J connectivity index is 1.25. The van der Waals surface area contributed by atoms with Crippen molar-refractivity contribution in [2.45, 2.75) is 6.42 Å². The van der Waals surface area contributed by atoms with Gasteiger partial charge in [-0.05, 0) is 17.7 Å². The zero-order valence-corrected chi connectivity index (χ0v) is 18.3. The molecule has 1 saturated heterocycles. The van der Waals surface area contributed by atoms with Crippen molar-refractivity contribution in [2.24, 2.45) is 0 Å². The third kappa shape index (κ3) is 5.57. The first-order valence-electron chi connectivity index (χ1n) is 10.1. The maximum atomic E-state index is 12.7. The maximum Gasteiger partial charge on any atom is 0.228 e. The van der Waals surface area contributed by atoms with Gasteiger partial charge in [0.15, 0.2) is 0 Å². The second-order valence-electron chi connectivity index (χ2n) is 7.32. The summed E-state index contributed by atoms with van der Waals surface area (Å²) in [4.78, 5) is 21.7. The van der Waals surface area contributed by atoms with Crippen molar-refractivity contribution in [2.75, 3.05) is 32.7 Å². The van der Waals surface area contributed by atoms with Crippen LogP contribution in [0, 0.1) is 0 Å². The topological polar surface area (TPSA) is 36.4 Å². The Bertz CT molecular complexity index is 993. The van der Waals surface area contributed by atoms with Crippen LogP contribution in [0.2, 0.25) is 5.02 Å². The molecule has 6 heteroatoms. The molecule has 0 saturated carbocycles. The van der Waals surface area contributed by atoms with Crippen LogP contribution in [0.4, 0.5) is 0 Å². The van der Waals surface area contributed by atoms with Gasteiger partial charge in [0, 0.05) is 48.7 Å². The quantitative estimate of drug-likeness (QED) is 0.552. The van der Waals surface area contributed by atoms with Gasteiger partial charge in [0.1, 0.15) is 5.01 Å². The number of hydrogen-bond acceptors (Lipinski definition) is 4. The summed E-state index contributed by atoms with van der Waals surface area (Å²) in [5, 5.41) is 3.61. The molecule has 2 heterocycles. The van der Waals surface area contributed by atoms with Crippen molar-refractivity contribution >= 4 is 34.9 Å². The van der Waals surface area contributed by atoms with Crippen molar-refractivity contribution in [3.63, 3.8) is 0 Å². The van der Waals surface area contributed by atoms with Crippen molar-refractivity contribution in [1.29, 1.82) is 0 Å². The first kappa shape index (κ1) is 20.8. The van der Waals surface area contributed by atoms with Crippen molar-refractivity contribution in [1.82, 2.24) is 14.8 Å². The zero-order valence-electron chi connectivity index (χ0n) is 16.7. The van der Waals surface area contributed by atoms with E-state index < -0.39 is 0 Å². The van der Waals surface area contributed by atoms with E-state index in [2.05, 4.69) is 34.2 Å². The largest absolute Gasteiger partial charge is 0.340 e. The van der Waals surface area contributed by atoms with E-state index in [0.717, 1.165) is 49.0 Å². The second-order valence-corrected chi connectivity index (χ2v) is 8.62. The second kappa shape index (κ2) is 10.0. The van der Waals surface area contributed by atoms with Crippen molar-refractivity contribution in [3.05, 3.63) is 82.3 Å². The fourth-order valence-corrected chi connectivity index (χ4v) is 4.41. The summed E-state index contributed by atoms with van der Waals surface area (Å²) in [6, 6.07) is 18.0. The molecule has 4 rings (SSSR count). The standard InChI is InChI=1S/C24H24ClN3OS/c25-21-10-8-20(9-11-21)24-26-22(18-30-24)17-23(29)28-15-13-27(14-16-28)12-4-7-19-5-2-1-3-6-19/h1-11,18H,12-17H2/b7-4+. The van der Waals surface area contributed by atoms with E-state index in [1.54, 1.807) is 11.3 Å². The molecule has 0 radical (unpaired) electrons. The van der Waals surface area contributed by atoms with E-state index in [1.165, 1.54) is 5.56 Å². The van der Waals surface area contributed by atoms with E-state index in [-0.39, 0.29) is 5.91 Å². The molecule has 1 amide bonds. The van der Waals surface area contributed by atoms with E-state index in [9.17, 15) is 4.79 Å². The van der Waals surface area contributed by atoms with Crippen LogP contribution in [0.25, 0.3) is 16.6 Å². The molecule has 0 bridgehead atoms. The molecule has 3 aromatic rings. The Labute approximate surface area is 186 Å². The molecular weight excluding hydrogens is 414 g/mol. The van der Waals surface area contributed by atoms with Crippen LogP contribution in [0.1, 0.15) is 11.3 Å². The van der Waals surface area contributed by atoms with Gasteiger partial charge in [-0.1, -0.05) is 66.2 Å². The number of halogens is 1. The summed E-state index contributed by atoms with van der Waals surface area (Å²) in [7, 11) is 0. The van der Waals surface area contributed by atoms with Crippen LogP contribution in [0.3, 0.4) is 0 Å². The lowest BCUT2D eigenvalue weighted by Gasteiger charge is -2.34. The number of piperazine rings is 1. The maximum absolute atomic E-state index is 12.7. The third-order valence-electron chi connectivity index (χ3n) is 5.17. The SMILES string of the molecule is O=C(Cc1csc(-c2ccc(Cl)cc2)n1)N1CCN(C/C=C/c2ccccc2)CC1. The summed E-state index contributed by atoms with van der Waals surface area (Å²) >= 11 is 7.52. The molecule has 0 spiro atoms. The lowest BCUT2D eigenvalue weighted by Crippen LogP contribution is -2.49. The lowest BCUT2D eigenvalue weighted by atomic mass is 10.2. The number of amides is 1. The first-order valence-corrected chi connectivity index (χ1v) is 11.4. The predicted octanol–water partition coefficient (Wildman–Crippen LogP) is 4.86. The summed E-state index contributed by atoms with van der Waals surface area (Å²) in [5.41, 5.74) is 3.08. The van der Waals surface area contributed by atoms with Crippen molar-refractivity contribution in [3.8, 4) is 10.6 Å². The molecule has 1 aromatic heterocycles. The number of benzene rings is 2. The van der Waals surface area contributed by atoms with Gasteiger partial charge in [-0.25, -0.2) is 4.98 Å². The van der Waals surface area contributed by atoms with Gasteiger partial charge in [0.2, 0.25) is 5.91 Å². The average Bonchev–Trinajstić information content (AvgIpc) is 3.24. The number of nitrogens with zero attached hydrogens (tertiary/aromatic N) is 3. The number of aromatic nitrogens is 1. The molecular formula is C24H24ClN3OS. The molecule has 2 aromatic carbocycles. The monoisotopic (exact) mass is 437 g/mol. The fraction of sp³-hybridized carbons (Fsp3) is 0.250.